The first-order chi connectivity index (χ1) is 7.95. The van der Waals surface area contributed by atoms with Crippen molar-refractivity contribution in [3.8, 4) is 0 Å². The van der Waals surface area contributed by atoms with E-state index in [0.717, 1.165) is 18.8 Å². The molecule has 0 saturated carbocycles. The molecule has 1 heterocycles. The van der Waals surface area contributed by atoms with Gasteiger partial charge in [-0.25, -0.2) is 0 Å². The summed E-state index contributed by atoms with van der Waals surface area (Å²) in [6, 6.07) is 6.05. The smallest absolute Gasteiger partial charge is 0.0541 e. The number of pyridine rings is 1. The Hall–Kier alpha value is -0.570. The Balaban J connectivity index is 0.00000144. The molecule has 102 valence electrons. The maximum absolute atomic E-state index is 4.29. The number of rotatable bonds is 5. The van der Waals surface area contributed by atoms with Crippen molar-refractivity contribution in [2.45, 2.75) is 38.6 Å². The predicted octanol–water partition coefficient (Wildman–Crippen LogP) is 3.91. The fraction of sp³-hybridized carbons (Fsp3) is 0.500. The third-order valence-electron chi connectivity index (χ3n) is 3.04. The molecule has 1 aliphatic rings. The molecular formula is C14H22Cl2N2. The second-order valence-corrected chi connectivity index (χ2v) is 4.36. The lowest BCUT2D eigenvalue weighted by molar-refractivity contribution is 0.627. The Morgan fingerprint density at radius 2 is 2.06 bits per heavy atom. The van der Waals surface area contributed by atoms with Gasteiger partial charge in [0.25, 0.3) is 0 Å². The minimum Gasteiger partial charge on any atom is -0.311 e. The number of nitrogens with one attached hydrogen (secondary N) is 1. The van der Waals surface area contributed by atoms with Gasteiger partial charge >= 0.3 is 0 Å². The van der Waals surface area contributed by atoms with E-state index in [-0.39, 0.29) is 24.8 Å². The SMILES string of the molecule is C1=C(CCNCc2ccccn2)CCCC1.Cl.Cl. The van der Waals surface area contributed by atoms with Crippen molar-refractivity contribution in [2.24, 2.45) is 0 Å². The van der Waals surface area contributed by atoms with Crippen LogP contribution in [0.5, 0.6) is 0 Å². The Kier molecular flexibility index (Phi) is 10.0. The molecule has 4 heteroatoms. The van der Waals surface area contributed by atoms with Crippen LogP contribution < -0.4 is 5.32 Å². The van der Waals surface area contributed by atoms with Crippen molar-refractivity contribution in [2.75, 3.05) is 6.54 Å². The highest BCUT2D eigenvalue weighted by molar-refractivity contribution is 5.85. The fourth-order valence-corrected chi connectivity index (χ4v) is 2.10. The van der Waals surface area contributed by atoms with Crippen LogP contribution in [0.25, 0.3) is 0 Å². The molecular weight excluding hydrogens is 267 g/mol. The van der Waals surface area contributed by atoms with Crippen molar-refractivity contribution >= 4 is 24.8 Å². The van der Waals surface area contributed by atoms with E-state index in [1.54, 1.807) is 5.57 Å². The molecule has 1 aromatic heterocycles. The quantitative estimate of drug-likeness (QED) is 0.656. The second-order valence-electron chi connectivity index (χ2n) is 4.36. The lowest BCUT2D eigenvalue weighted by atomic mass is 9.97. The van der Waals surface area contributed by atoms with Crippen molar-refractivity contribution in [3.63, 3.8) is 0 Å². The zero-order chi connectivity index (χ0) is 11.1. The molecule has 0 unspecified atom stereocenters. The van der Waals surface area contributed by atoms with Crippen LogP contribution in [-0.2, 0) is 6.54 Å². The summed E-state index contributed by atoms with van der Waals surface area (Å²) in [5, 5.41) is 3.45. The average Bonchev–Trinajstić information content (AvgIpc) is 2.37. The van der Waals surface area contributed by atoms with Crippen LogP contribution in [0.15, 0.2) is 36.0 Å². The van der Waals surface area contributed by atoms with E-state index in [9.17, 15) is 0 Å². The molecule has 0 aliphatic heterocycles. The van der Waals surface area contributed by atoms with E-state index in [4.69, 9.17) is 0 Å². The van der Waals surface area contributed by atoms with Gasteiger partial charge in [0.1, 0.15) is 0 Å². The molecule has 2 nitrogen and oxygen atoms in total. The zero-order valence-electron chi connectivity index (χ0n) is 10.6. The number of hydrogen-bond acceptors (Lipinski definition) is 2. The zero-order valence-corrected chi connectivity index (χ0v) is 12.2. The van der Waals surface area contributed by atoms with Crippen LogP contribution >= 0.6 is 24.8 Å². The van der Waals surface area contributed by atoms with Gasteiger partial charge < -0.3 is 5.32 Å². The molecule has 0 spiro atoms. The van der Waals surface area contributed by atoms with Crippen LogP contribution in [0, 0.1) is 0 Å². The number of halogens is 2. The summed E-state index contributed by atoms with van der Waals surface area (Å²) in [5.41, 5.74) is 2.76. The first-order valence-electron chi connectivity index (χ1n) is 6.24. The van der Waals surface area contributed by atoms with Crippen LogP contribution in [0.3, 0.4) is 0 Å². The summed E-state index contributed by atoms with van der Waals surface area (Å²) in [5.74, 6) is 0. The fourth-order valence-electron chi connectivity index (χ4n) is 2.10. The molecule has 18 heavy (non-hydrogen) atoms. The number of nitrogens with zero attached hydrogens (tertiary/aromatic N) is 1. The van der Waals surface area contributed by atoms with Crippen molar-refractivity contribution < 1.29 is 0 Å². The van der Waals surface area contributed by atoms with Crippen LogP contribution in [0.4, 0.5) is 0 Å². The summed E-state index contributed by atoms with van der Waals surface area (Å²) >= 11 is 0. The van der Waals surface area contributed by atoms with Gasteiger partial charge in [-0.05, 0) is 50.8 Å². The monoisotopic (exact) mass is 288 g/mol. The minimum absolute atomic E-state index is 0. The van der Waals surface area contributed by atoms with Crippen molar-refractivity contribution in [1.82, 2.24) is 10.3 Å². The standard InChI is InChI=1S/C14H20N2.2ClH/c1-2-6-13(7-3-1)9-11-15-12-14-8-4-5-10-16-14;;/h4-6,8,10,15H,1-3,7,9,11-12H2;2*1H. The van der Waals surface area contributed by atoms with E-state index in [1.165, 1.54) is 32.1 Å². The number of allylic oxidation sites excluding steroid dienone is 1. The van der Waals surface area contributed by atoms with Gasteiger partial charge in [-0.2, -0.15) is 0 Å². The van der Waals surface area contributed by atoms with Crippen LogP contribution in [0.1, 0.15) is 37.8 Å². The highest BCUT2D eigenvalue weighted by Gasteiger charge is 2.02. The maximum atomic E-state index is 4.29. The molecule has 2 rings (SSSR count). The molecule has 0 fully saturated rings. The summed E-state index contributed by atoms with van der Waals surface area (Å²) in [6.07, 6.45) is 10.8. The molecule has 1 aromatic rings. The van der Waals surface area contributed by atoms with E-state index in [2.05, 4.69) is 22.4 Å². The highest BCUT2D eigenvalue weighted by Crippen LogP contribution is 2.19. The Labute approximate surface area is 122 Å². The van der Waals surface area contributed by atoms with E-state index < -0.39 is 0 Å². The summed E-state index contributed by atoms with van der Waals surface area (Å²) in [6.45, 7) is 1.95. The molecule has 0 aromatic carbocycles. The topological polar surface area (TPSA) is 24.9 Å². The lowest BCUT2D eigenvalue weighted by Crippen LogP contribution is -2.16. The van der Waals surface area contributed by atoms with Crippen LogP contribution in [-0.4, -0.2) is 11.5 Å². The van der Waals surface area contributed by atoms with E-state index in [0.29, 0.717) is 0 Å². The summed E-state index contributed by atoms with van der Waals surface area (Å²) < 4.78 is 0. The third kappa shape index (κ3) is 6.39. The number of hydrogen-bond donors (Lipinski definition) is 1. The van der Waals surface area contributed by atoms with Crippen molar-refractivity contribution in [3.05, 3.63) is 41.7 Å². The maximum Gasteiger partial charge on any atom is 0.0541 e. The van der Waals surface area contributed by atoms with Gasteiger partial charge in [-0.3, -0.25) is 4.98 Å². The molecule has 0 amide bonds. The predicted molar refractivity (Wildman–Crippen MR) is 81.6 cm³/mol. The van der Waals surface area contributed by atoms with Gasteiger partial charge in [-0.1, -0.05) is 17.7 Å². The summed E-state index contributed by atoms with van der Waals surface area (Å²) in [4.78, 5) is 4.29. The minimum atomic E-state index is 0. The van der Waals surface area contributed by atoms with Crippen molar-refractivity contribution in [1.29, 1.82) is 0 Å². The molecule has 0 radical (unpaired) electrons. The van der Waals surface area contributed by atoms with Gasteiger partial charge in [0, 0.05) is 12.7 Å². The number of aromatic nitrogens is 1. The largest absolute Gasteiger partial charge is 0.311 e. The second kappa shape index (κ2) is 10.4. The molecule has 1 aliphatic carbocycles. The van der Waals surface area contributed by atoms with Gasteiger partial charge in [0.05, 0.1) is 5.69 Å². The molecule has 1 N–H and O–H groups in total. The average molecular weight is 289 g/mol. The Morgan fingerprint density at radius 1 is 1.17 bits per heavy atom. The first-order valence-corrected chi connectivity index (χ1v) is 6.24. The van der Waals surface area contributed by atoms with Crippen LogP contribution in [0.2, 0.25) is 0 Å². The molecule has 0 bridgehead atoms. The summed E-state index contributed by atoms with van der Waals surface area (Å²) in [7, 11) is 0. The van der Waals surface area contributed by atoms with Gasteiger partial charge in [0.15, 0.2) is 0 Å². The van der Waals surface area contributed by atoms with Gasteiger partial charge in [0.2, 0.25) is 0 Å². The Bertz CT molecular complexity index is 339. The molecule has 0 saturated heterocycles. The normalized spacial score (nSPS) is 14.1. The molecule has 0 atom stereocenters. The third-order valence-corrected chi connectivity index (χ3v) is 3.04. The van der Waals surface area contributed by atoms with Gasteiger partial charge in [-0.15, -0.1) is 24.8 Å². The van der Waals surface area contributed by atoms with E-state index in [1.807, 2.05) is 18.3 Å². The Morgan fingerprint density at radius 3 is 2.72 bits per heavy atom. The highest BCUT2D eigenvalue weighted by atomic mass is 35.5. The first kappa shape index (κ1) is 17.4. The van der Waals surface area contributed by atoms with E-state index >= 15 is 0 Å². The lowest BCUT2D eigenvalue weighted by Gasteiger charge is -2.12.